The second kappa shape index (κ2) is 7.82. The lowest BCUT2D eigenvalue weighted by Crippen LogP contribution is -2.28. The standard InChI is InChI=1S/C22H15ClN2OS/c23-17-11-13-19(14-12-17)25-21(26)20(15-16-7-3-1-4-8-16)27-22(25)24-18-9-5-2-6-10-18/h1-15H/b20-15-,24-22?. The van der Waals surface area contributed by atoms with Crippen LogP contribution < -0.4 is 4.90 Å². The van der Waals surface area contributed by atoms with E-state index in [1.165, 1.54) is 11.8 Å². The van der Waals surface area contributed by atoms with Crippen molar-refractivity contribution in [1.82, 2.24) is 0 Å². The van der Waals surface area contributed by atoms with Crippen LogP contribution in [0.2, 0.25) is 5.02 Å². The average Bonchev–Trinajstić information content (AvgIpc) is 2.99. The Hall–Kier alpha value is -2.82. The molecule has 1 saturated heterocycles. The normalized spacial score (nSPS) is 17.1. The minimum atomic E-state index is -0.0964. The van der Waals surface area contributed by atoms with Crippen molar-refractivity contribution in [3.05, 3.63) is 100 Å². The number of carbonyl (C=O) groups excluding carboxylic acids is 1. The van der Waals surface area contributed by atoms with E-state index < -0.39 is 0 Å². The molecule has 1 aliphatic rings. The molecule has 1 aliphatic heterocycles. The number of amidine groups is 1. The van der Waals surface area contributed by atoms with Crippen molar-refractivity contribution in [3.8, 4) is 0 Å². The van der Waals surface area contributed by atoms with Crippen LogP contribution in [-0.2, 0) is 4.79 Å². The van der Waals surface area contributed by atoms with E-state index in [0.29, 0.717) is 15.1 Å². The number of benzene rings is 3. The van der Waals surface area contributed by atoms with Crippen molar-refractivity contribution in [2.75, 3.05) is 4.90 Å². The topological polar surface area (TPSA) is 32.7 Å². The SMILES string of the molecule is O=C1/C(=C/c2ccccc2)SC(=Nc2ccccc2)N1c1ccc(Cl)cc1. The van der Waals surface area contributed by atoms with E-state index in [9.17, 15) is 4.79 Å². The Labute approximate surface area is 167 Å². The Morgan fingerprint density at radius 2 is 1.48 bits per heavy atom. The van der Waals surface area contributed by atoms with Gasteiger partial charge in [-0.3, -0.25) is 9.69 Å². The molecule has 0 spiro atoms. The summed E-state index contributed by atoms with van der Waals surface area (Å²) in [5, 5.41) is 1.25. The van der Waals surface area contributed by atoms with Crippen molar-refractivity contribution < 1.29 is 4.79 Å². The monoisotopic (exact) mass is 390 g/mol. The van der Waals surface area contributed by atoms with Gasteiger partial charge in [-0.2, -0.15) is 0 Å². The molecule has 0 bridgehead atoms. The molecule has 1 heterocycles. The van der Waals surface area contributed by atoms with E-state index in [0.717, 1.165) is 16.9 Å². The van der Waals surface area contributed by atoms with Crippen LogP contribution in [0.15, 0.2) is 94.8 Å². The van der Waals surface area contributed by atoms with E-state index in [-0.39, 0.29) is 5.91 Å². The molecule has 0 aliphatic carbocycles. The van der Waals surface area contributed by atoms with E-state index in [1.807, 2.05) is 78.9 Å². The smallest absolute Gasteiger partial charge is 0.268 e. The fourth-order valence-corrected chi connectivity index (χ4v) is 3.81. The maximum Gasteiger partial charge on any atom is 0.271 e. The number of halogens is 1. The number of carbonyl (C=O) groups is 1. The molecular weight excluding hydrogens is 376 g/mol. The van der Waals surface area contributed by atoms with E-state index >= 15 is 0 Å². The summed E-state index contributed by atoms with van der Waals surface area (Å²) in [5.41, 5.74) is 2.51. The summed E-state index contributed by atoms with van der Waals surface area (Å²) in [6.07, 6.45) is 1.89. The zero-order valence-corrected chi connectivity index (χ0v) is 15.8. The van der Waals surface area contributed by atoms with E-state index in [1.54, 1.807) is 17.0 Å². The van der Waals surface area contributed by atoms with Crippen LogP contribution in [0.4, 0.5) is 11.4 Å². The lowest BCUT2D eigenvalue weighted by Gasteiger charge is -2.15. The van der Waals surface area contributed by atoms with Crippen LogP contribution in [0.3, 0.4) is 0 Å². The number of anilines is 1. The summed E-state index contributed by atoms with van der Waals surface area (Å²) in [6.45, 7) is 0. The Bertz CT molecular complexity index is 1020. The van der Waals surface area contributed by atoms with Crippen LogP contribution >= 0.6 is 23.4 Å². The molecule has 5 heteroatoms. The first kappa shape index (κ1) is 17.6. The zero-order valence-electron chi connectivity index (χ0n) is 14.2. The average molecular weight is 391 g/mol. The quantitative estimate of drug-likeness (QED) is 0.502. The molecule has 3 aromatic rings. The van der Waals surface area contributed by atoms with Gasteiger partial charge in [0.2, 0.25) is 0 Å². The number of aliphatic imine (C=N–C) groups is 1. The van der Waals surface area contributed by atoms with Gasteiger partial charge < -0.3 is 0 Å². The number of hydrogen-bond donors (Lipinski definition) is 0. The maximum absolute atomic E-state index is 13.1. The second-order valence-corrected chi connectivity index (χ2v) is 7.31. The van der Waals surface area contributed by atoms with Gasteiger partial charge >= 0.3 is 0 Å². The van der Waals surface area contributed by atoms with Crippen molar-refractivity contribution in [2.45, 2.75) is 0 Å². The zero-order chi connectivity index (χ0) is 18.6. The number of para-hydroxylation sites is 1. The van der Waals surface area contributed by atoms with Crippen LogP contribution in [0, 0.1) is 0 Å². The van der Waals surface area contributed by atoms with Crippen molar-refractivity contribution in [1.29, 1.82) is 0 Å². The summed E-state index contributed by atoms with van der Waals surface area (Å²) in [7, 11) is 0. The maximum atomic E-state index is 13.1. The molecule has 132 valence electrons. The van der Waals surface area contributed by atoms with Crippen LogP contribution in [-0.4, -0.2) is 11.1 Å². The molecule has 3 aromatic carbocycles. The molecule has 0 N–H and O–H groups in total. The predicted molar refractivity (Wildman–Crippen MR) is 114 cm³/mol. The van der Waals surface area contributed by atoms with E-state index in [2.05, 4.69) is 0 Å². The van der Waals surface area contributed by atoms with Gasteiger partial charge in [-0.05, 0) is 59.8 Å². The van der Waals surface area contributed by atoms with Gasteiger partial charge in [0.1, 0.15) is 0 Å². The van der Waals surface area contributed by atoms with Gasteiger partial charge in [-0.25, -0.2) is 4.99 Å². The minimum absolute atomic E-state index is 0.0964. The third-order valence-corrected chi connectivity index (χ3v) is 5.19. The molecule has 4 rings (SSSR count). The second-order valence-electron chi connectivity index (χ2n) is 5.87. The molecule has 3 nitrogen and oxygen atoms in total. The molecule has 0 atom stereocenters. The Kier molecular flexibility index (Phi) is 5.10. The fourth-order valence-electron chi connectivity index (χ4n) is 2.68. The summed E-state index contributed by atoms with van der Waals surface area (Å²) in [5.74, 6) is -0.0964. The summed E-state index contributed by atoms with van der Waals surface area (Å²) >= 11 is 7.38. The fraction of sp³-hybridized carbons (Fsp3) is 0. The van der Waals surface area contributed by atoms with Crippen molar-refractivity contribution >= 4 is 51.9 Å². The highest BCUT2D eigenvalue weighted by molar-refractivity contribution is 8.19. The van der Waals surface area contributed by atoms with Crippen LogP contribution in [0.25, 0.3) is 6.08 Å². The summed E-state index contributed by atoms with van der Waals surface area (Å²) in [4.78, 5) is 20.1. The number of rotatable bonds is 3. The van der Waals surface area contributed by atoms with E-state index in [4.69, 9.17) is 16.6 Å². The molecule has 0 unspecified atom stereocenters. The van der Waals surface area contributed by atoms with Gasteiger partial charge in [0.15, 0.2) is 5.17 Å². The number of hydrogen-bond acceptors (Lipinski definition) is 3. The van der Waals surface area contributed by atoms with Crippen molar-refractivity contribution in [3.63, 3.8) is 0 Å². The molecule has 1 fully saturated rings. The lowest BCUT2D eigenvalue weighted by molar-refractivity contribution is -0.113. The highest BCUT2D eigenvalue weighted by Gasteiger charge is 2.34. The summed E-state index contributed by atoms with van der Waals surface area (Å²) < 4.78 is 0. The Morgan fingerprint density at radius 1 is 0.852 bits per heavy atom. The van der Waals surface area contributed by atoms with Crippen LogP contribution in [0.1, 0.15) is 5.56 Å². The molecule has 0 radical (unpaired) electrons. The third kappa shape index (κ3) is 3.97. The molecule has 1 amide bonds. The van der Waals surface area contributed by atoms with Gasteiger partial charge in [0, 0.05) is 5.02 Å². The predicted octanol–water partition coefficient (Wildman–Crippen LogP) is 6.15. The first-order valence-electron chi connectivity index (χ1n) is 8.39. The first-order chi connectivity index (χ1) is 13.2. The Morgan fingerprint density at radius 3 is 2.15 bits per heavy atom. The molecular formula is C22H15ClN2OS. The largest absolute Gasteiger partial charge is 0.271 e. The minimum Gasteiger partial charge on any atom is -0.268 e. The lowest BCUT2D eigenvalue weighted by atomic mass is 10.2. The highest BCUT2D eigenvalue weighted by atomic mass is 35.5. The van der Waals surface area contributed by atoms with Gasteiger partial charge in [-0.1, -0.05) is 60.1 Å². The molecule has 0 saturated carbocycles. The number of amides is 1. The Balaban J connectivity index is 1.77. The van der Waals surface area contributed by atoms with Gasteiger partial charge in [-0.15, -0.1) is 0 Å². The summed E-state index contributed by atoms with van der Waals surface area (Å²) in [6, 6.07) is 26.6. The van der Waals surface area contributed by atoms with Crippen LogP contribution in [0.5, 0.6) is 0 Å². The molecule has 0 aromatic heterocycles. The highest BCUT2D eigenvalue weighted by Crippen LogP contribution is 2.37. The van der Waals surface area contributed by atoms with Crippen molar-refractivity contribution in [2.24, 2.45) is 4.99 Å². The molecule has 27 heavy (non-hydrogen) atoms. The number of nitrogens with zero attached hydrogens (tertiary/aromatic N) is 2. The van der Waals surface area contributed by atoms with Gasteiger partial charge in [0.05, 0.1) is 16.3 Å². The first-order valence-corrected chi connectivity index (χ1v) is 9.58. The number of thioether (sulfide) groups is 1. The van der Waals surface area contributed by atoms with Gasteiger partial charge in [0.25, 0.3) is 5.91 Å². The third-order valence-electron chi connectivity index (χ3n) is 3.97.